The third kappa shape index (κ3) is 3.16. The van der Waals surface area contributed by atoms with Gasteiger partial charge in [0, 0.05) is 6.20 Å². The Kier molecular flexibility index (Phi) is 5.53. The van der Waals surface area contributed by atoms with Gasteiger partial charge in [0.25, 0.3) is 0 Å². The molecule has 30 heavy (non-hydrogen) atoms. The predicted molar refractivity (Wildman–Crippen MR) is 124 cm³/mol. The molecule has 1 saturated heterocycles. The average molecular weight is 447 g/mol. The van der Waals surface area contributed by atoms with E-state index in [-0.39, 0.29) is 5.82 Å². The molecule has 7 nitrogen and oxygen atoms in total. The fraction of sp³-hybridized carbons (Fsp3) is 0.500. The minimum atomic E-state index is -2.41. The number of piperazine rings is 1. The summed E-state index contributed by atoms with van der Waals surface area (Å²) in [5.41, 5.74) is 0.375. The fourth-order valence-corrected chi connectivity index (χ4v) is 3.58. The number of ether oxygens (including phenoxy) is 1. The zero-order chi connectivity index (χ0) is 22.9. The zero-order valence-corrected chi connectivity index (χ0v) is 17.9. The summed E-state index contributed by atoms with van der Waals surface area (Å²) in [6.07, 6.45) is 1.38. The van der Waals surface area contributed by atoms with E-state index >= 15 is 0 Å². The van der Waals surface area contributed by atoms with E-state index in [2.05, 4.69) is 26.0 Å². The number of fused-ring (bicyclic) bond motifs is 1. The average Bonchev–Trinajstić information content (AvgIpc) is 2.93. The summed E-state index contributed by atoms with van der Waals surface area (Å²) in [5, 5.41) is -5.35. The van der Waals surface area contributed by atoms with Crippen LogP contribution in [0.1, 0.15) is 13.8 Å². The zero-order valence-electron chi connectivity index (χ0n) is 16.4. The van der Waals surface area contributed by atoms with Gasteiger partial charge >= 0.3 is 6.09 Å². The summed E-state index contributed by atoms with van der Waals surface area (Å²) in [6.45, 7) is 3.19. The number of rotatable bonds is 2. The molecule has 2 aromatic rings. The van der Waals surface area contributed by atoms with Crippen molar-refractivity contribution in [3.8, 4) is 0 Å². The van der Waals surface area contributed by atoms with E-state index in [4.69, 9.17) is 67.5 Å². The highest BCUT2D eigenvalue weighted by Crippen LogP contribution is 2.45. The van der Waals surface area contributed by atoms with Gasteiger partial charge in [-0.1, -0.05) is 0 Å². The molecule has 1 amide bonds. The van der Waals surface area contributed by atoms with Gasteiger partial charge in [-0.05, 0) is 57.2 Å². The Morgan fingerprint density at radius 2 is 1.57 bits per heavy atom. The molecule has 0 N–H and O–H groups in total. The van der Waals surface area contributed by atoms with E-state index in [0.717, 1.165) is 4.90 Å². The Bertz CT molecular complexity index is 970. The molecule has 0 spiro atoms. The molecule has 134 valence electrons. The van der Waals surface area contributed by atoms with Crippen LogP contribution in [0.25, 0.3) is 5.65 Å². The Morgan fingerprint density at radius 1 is 1.03 bits per heavy atom. The molecule has 1 aliphatic rings. The van der Waals surface area contributed by atoms with Crippen molar-refractivity contribution >= 4 is 96.3 Å². The third-order valence-electron chi connectivity index (χ3n) is 4.82. The molecule has 16 heteroatoms. The molecular weight excluding hydrogens is 437 g/mol. The van der Waals surface area contributed by atoms with Crippen molar-refractivity contribution in [3.05, 3.63) is 22.9 Å². The van der Waals surface area contributed by atoms with Gasteiger partial charge in [0.1, 0.15) is 5.82 Å². The van der Waals surface area contributed by atoms with Crippen LogP contribution in [0, 0.1) is 0 Å². The van der Waals surface area contributed by atoms with Crippen molar-refractivity contribution in [2.24, 2.45) is 0 Å². The molecule has 3 heterocycles. The highest BCUT2D eigenvalue weighted by molar-refractivity contribution is 9.10. The van der Waals surface area contributed by atoms with Crippen molar-refractivity contribution in [2.45, 2.75) is 41.3 Å². The lowest BCUT2D eigenvalue weighted by atomic mass is 9.26. The summed E-state index contributed by atoms with van der Waals surface area (Å²) in [6, 6.07) is 1.45. The summed E-state index contributed by atoms with van der Waals surface area (Å²) in [5.74, 6) is 0.0242. The van der Waals surface area contributed by atoms with Crippen molar-refractivity contribution in [2.75, 3.05) is 4.90 Å². The van der Waals surface area contributed by atoms with E-state index in [1.165, 1.54) is 23.0 Å². The van der Waals surface area contributed by atoms with E-state index in [1.807, 2.05) is 0 Å². The highest BCUT2D eigenvalue weighted by Gasteiger charge is 2.62. The largest absolute Gasteiger partial charge is 0.447 e. The molecule has 16 radical (unpaired) electrons. The molecule has 3 rings (SSSR count). The first-order chi connectivity index (χ1) is 13.6. The standard InChI is InChI=1S/C14H10B8BrN5O2/c1-6(2)30-10(29)28-13(19,20)11(15,16)27(12(17,18)14(28,21)22)8-3-4-26-9(25-8)7(23)5-24-26/h3-6H,1-2H3. The second-order valence-corrected chi connectivity index (χ2v) is 8.31. The summed E-state index contributed by atoms with van der Waals surface area (Å²) in [4.78, 5) is 18.6. The van der Waals surface area contributed by atoms with Crippen molar-refractivity contribution < 1.29 is 9.53 Å². The van der Waals surface area contributed by atoms with Crippen molar-refractivity contribution in [1.29, 1.82) is 0 Å². The summed E-state index contributed by atoms with van der Waals surface area (Å²) in [7, 11) is 50.1. The maximum absolute atomic E-state index is 12.8. The van der Waals surface area contributed by atoms with Crippen LogP contribution in [0.15, 0.2) is 22.9 Å². The van der Waals surface area contributed by atoms with Gasteiger partial charge in [0.05, 0.1) is 79.5 Å². The van der Waals surface area contributed by atoms with E-state index in [9.17, 15) is 4.79 Å². The Balaban J connectivity index is 2.22. The first-order valence-electron chi connectivity index (χ1n) is 8.69. The summed E-state index contributed by atoms with van der Waals surface area (Å²) >= 11 is 3.32. The lowest BCUT2D eigenvalue weighted by Crippen LogP contribution is -2.93. The quantitative estimate of drug-likeness (QED) is 0.506. The second-order valence-electron chi connectivity index (χ2n) is 7.45. The fourth-order valence-electron chi connectivity index (χ4n) is 3.22. The van der Waals surface area contributed by atoms with Crippen LogP contribution in [0.2, 0.25) is 0 Å². The SMILES string of the molecule is [B]C1([B])N(C(=O)OC(C)C)C([B])([B])C([B])([B])N(c2ccn3ncc(Br)c3n2)C1([B])[B]. The van der Waals surface area contributed by atoms with E-state index < -0.39 is 33.5 Å². The van der Waals surface area contributed by atoms with Gasteiger partial charge in [-0.3, -0.25) is 0 Å². The van der Waals surface area contributed by atoms with Gasteiger partial charge in [-0.15, -0.1) is 0 Å². The number of hydrogen-bond donors (Lipinski definition) is 0. The minimum absolute atomic E-state index is 0.0242. The van der Waals surface area contributed by atoms with E-state index in [0.29, 0.717) is 15.0 Å². The predicted octanol–water partition coefficient (Wildman–Crippen LogP) is -1.88. The Hall–Kier alpha value is -1.31. The Morgan fingerprint density at radius 3 is 2.07 bits per heavy atom. The van der Waals surface area contributed by atoms with Gasteiger partial charge in [-0.25, -0.2) is 14.3 Å². The van der Waals surface area contributed by atoms with Crippen LogP contribution in [-0.2, 0) is 4.74 Å². The number of hydrogen-bond acceptors (Lipinski definition) is 5. The summed E-state index contributed by atoms with van der Waals surface area (Å²) < 4.78 is 7.16. The maximum atomic E-state index is 12.8. The smallest absolute Gasteiger partial charge is 0.408 e. The van der Waals surface area contributed by atoms with Gasteiger partial charge in [0.15, 0.2) is 5.65 Å². The maximum Gasteiger partial charge on any atom is 0.408 e. The van der Waals surface area contributed by atoms with Crippen LogP contribution in [0.3, 0.4) is 0 Å². The number of carbonyl (C=O) groups excluding carboxylic acids is 1. The van der Waals surface area contributed by atoms with Crippen molar-refractivity contribution in [1.82, 2.24) is 19.5 Å². The first-order valence-corrected chi connectivity index (χ1v) is 9.48. The number of amides is 1. The van der Waals surface area contributed by atoms with Gasteiger partial charge in [0.2, 0.25) is 0 Å². The number of carbonyl (C=O) groups is 1. The van der Waals surface area contributed by atoms with Crippen LogP contribution in [0.4, 0.5) is 10.6 Å². The van der Waals surface area contributed by atoms with E-state index in [1.54, 1.807) is 13.8 Å². The molecule has 0 aromatic carbocycles. The number of aromatic nitrogens is 3. The number of nitrogens with zero attached hydrogens (tertiary/aromatic N) is 5. The van der Waals surface area contributed by atoms with Crippen LogP contribution < -0.4 is 4.90 Å². The van der Waals surface area contributed by atoms with Crippen LogP contribution in [-0.4, -0.2) is 116 Å². The molecule has 0 aliphatic carbocycles. The minimum Gasteiger partial charge on any atom is -0.447 e. The Labute approximate surface area is 194 Å². The second kappa shape index (κ2) is 7.10. The third-order valence-corrected chi connectivity index (χ3v) is 5.38. The molecule has 0 saturated carbocycles. The monoisotopic (exact) mass is 447 g/mol. The molecule has 2 aromatic heterocycles. The molecule has 1 fully saturated rings. The van der Waals surface area contributed by atoms with Gasteiger partial charge < -0.3 is 14.5 Å². The normalized spacial score (nSPS) is 21.6. The molecule has 0 atom stereocenters. The molecule has 0 bridgehead atoms. The highest BCUT2D eigenvalue weighted by atomic mass is 79.9. The first kappa shape index (κ1) is 23.4. The van der Waals surface area contributed by atoms with Crippen LogP contribution >= 0.6 is 15.9 Å². The number of halogens is 1. The molecule has 1 aliphatic heterocycles. The number of anilines is 1. The molecule has 0 unspecified atom stereocenters. The lowest BCUT2D eigenvalue weighted by molar-refractivity contribution is 0.0391. The van der Waals surface area contributed by atoms with Crippen LogP contribution in [0.5, 0.6) is 0 Å². The van der Waals surface area contributed by atoms with Gasteiger partial charge in [-0.2, -0.15) is 5.10 Å². The molecular formula is C14H10B8BrN5O2. The van der Waals surface area contributed by atoms with Crippen molar-refractivity contribution in [3.63, 3.8) is 0 Å². The topological polar surface area (TPSA) is 63.0 Å². The lowest BCUT2D eigenvalue weighted by Gasteiger charge is -2.75.